The van der Waals surface area contributed by atoms with Gasteiger partial charge < -0.3 is 9.80 Å². The molecule has 2 amide bonds. The van der Waals surface area contributed by atoms with E-state index in [0.29, 0.717) is 18.4 Å². The molecule has 0 unspecified atom stereocenters. The molecule has 1 aromatic carbocycles. The summed E-state index contributed by atoms with van der Waals surface area (Å²) < 4.78 is 13.6. The minimum absolute atomic E-state index is 0.0157. The van der Waals surface area contributed by atoms with Crippen LogP contribution in [0, 0.1) is 11.7 Å². The van der Waals surface area contributed by atoms with Crippen LogP contribution in [0.4, 0.5) is 4.39 Å². The first-order chi connectivity index (χ1) is 11.1. The summed E-state index contributed by atoms with van der Waals surface area (Å²) >= 11 is 0. The molecule has 2 fully saturated rings. The van der Waals surface area contributed by atoms with Gasteiger partial charge in [-0.3, -0.25) is 9.59 Å². The molecule has 0 N–H and O–H groups in total. The number of carbonyl (C=O) groups excluding carboxylic acids is 2. The number of nitrogens with zero attached hydrogens (tertiary/aromatic N) is 2. The number of halogens is 1. The van der Waals surface area contributed by atoms with E-state index < -0.39 is 0 Å². The number of amides is 2. The minimum Gasteiger partial charge on any atom is -0.342 e. The molecule has 2 atom stereocenters. The van der Waals surface area contributed by atoms with Crippen molar-refractivity contribution in [2.24, 2.45) is 5.92 Å². The Morgan fingerprint density at radius 3 is 2.65 bits per heavy atom. The molecule has 2 saturated heterocycles. The molecular weight excluding hydrogens is 295 g/mol. The van der Waals surface area contributed by atoms with Gasteiger partial charge in [0, 0.05) is 26.6 Å². The Bertz CT molecular complexity index is 598. The van der Waals surface area contributed by atoms with E-state index in [1.54, 1.807) is 24.1 Å². The van der Waals surface area contributed by atoms with E-state index >= 15 is 0 Å². The fourth-order valence-electron chi connectivity index (χ4n) is 3.79. The second kappa shape index (κ2) is 6.69. The Hall–Kier alpha value is -1.91. The molecule has 4 nitrogen and oxygen atoms in total. The SMILES string of the molecule is CN1C(=O)CC[C@H](C(=O)N2CCCCC2)[C@H]1c1cccc(F)c1. The fourth-order valence-corrected chi connectivity index (χ4v) is 3.79. The molecule has 1 aromatic rings. The molecule has 23 heavy (non-hydrogen) atoms. The highest BCUT2D eigenvalue weighted by molar-refractivity contribution is 5.85. The van der Waals surface area contributed by atoms with E-state index in [9.17, 15) is 14.0 Å². The molecule has 0 saturated carbocycles. The number of likely N-dealkylation sites (tertiary alicyclic amines) is 2. The molecule has 0 bridgehead atoms. The van der Waals surface area contributed by atoms with Crippen molar-refractivity contribution < 1.29 is 14.0 Å². The number of hydrogen-bond donors (Lipinski definition) is 0. The van der Waals surface area contributed by atoms with Gasteiger partial charge in [-0.05, 0) is 43.4 Å². The maximum atomic E-state index is 13.6. The van der Waals surface area contributed by atoms with Crippen molar-refractivity contribution >= 4 is 11.8 Å². The second-order valence-electron chi connectivity index (χ2n) is 6.54. The van der Waals surface area contributed by atoms with Gasteiger partial charge in [0.25, 0.3) is 0 Å². The zero-order chi connectivity index (χ0) is 16.4. The van der Waals surface area contributed by atoms with E-state index in [1.165, 1.54) is 18.6 Å². The van der Waals surface area contributed by atoms with E-state index in [1.807, 2.05) is 4.90 Å². The first-order valence-electron chi connectivity index (χ1n) is 8.38. The van der Waals surface area contributed by atoms with E-state index in [-0.39, 0.29) is 29.6 Å². The summed E-state index contributed by atoms with van der Waals surface area (Å²) in [5.74, 6) is -0.490. The average molecular weight is 318 g/mol. The maximum Gasteiger partial charge on any atom is 0.228 e. The summed E-state index contributed by atoms with van der Waals surface area (Å²) in [5.41, 5.74) is 0.705. The topological polar surface area (TPSA) is 40.6 Å². The lowest BCUT2D eigenvalue weighted by Crippen LogP contribution is -2.48. The van der Waals surface area contributed by atoms with E-state index in [2.05, 4.69) is 0 Å². The van der Waals surface area contributed by atoms with Crippen LogP contribution in [-0.2, 0) is 9.59 Å². The molecule has 2 heterocycles. The van der Waals surface area contributed by atoms with Crippen LogP contribution in [0.15, 0.2) is 24.3 Å². The summed E-state index contributed by atoms with van der Waals surface area (Å²) in [6.07, 6.45) is 4.17. The van der Waals surface area contributed by atoms with Crippen molar-refractivity contribution in [3.8, 4) is 0 Å². The highest BCUT2D eigenvalue weighted by Gasteiger charge is 2.40. The van der Waals surface area contributed by atoms with Crippen LogP contribution in [0.2, 0.25) is 0 Å². The molecule has 124 valence electrons. The van der Waals surface area contributed by atoms with Crippen LogP contribution >= 0.6 is 0 Å². The van der Waals surface area contributed by atoms with Crippen LogP contribution in [0.5, 0.6) is 0 Å². The van der Waals surface area contributed by atoms with Gasteiger partial charge in [-0.1, -0.05) is 12.1 Å². The van der Waals surface area contributed by atoms with Crippen molar-refractivity contribution in [3.63, 3.8) is 0 Å². The normalized spacial score (nSPS) is 25.6. The predicted octanol–water partition coefficient (Wildman–Crippen LogP) is 2.75. The monoisotopic (exact) mass is 318 g/mol. The Morgan fingerprint density at radius 1 is 1.22 bits per heavy atom. The molecule has 0 aliphatic carbocycles. The molecule has 0 aromatic heterocycles. The number of rotatable bonds is 2. The number of benzene rings is 1. The lowest BCUT2D eigenvalue weighted by atomic mass is 9.83. The van der Waals surface area contributed by atoms with Crippen LogP contribution < -0.4 is 0 Å². The van der Waals surface area contributed by atoms with Gasteiger partial charge in [-0.2, -0.15) is 0 Å². The van der Waals surface area contributed by atoms with Crippen molar-refractivity contribution in [2.45, 2.75) is 38.1 Å². The van der Waals surface area contributed by atoms with Gasteiger partial charge in [-0.25, -0.2) is 4.39 Å². The highest BCUT2D eigenvalue weighted by atomic mass is 19.1. The third-order valence-corrected chi connectivity index (χ3v) is 5.04. The smallest absolute Gasteiger partial charge is 0.228 e. The zero-order valence-corrected chi connectivity index (χ0v) is 13.5. The third kappa shape index (κ3) is 3.23. The summed E-state index contributed by atoms with van der Waals surface area (Å²) in [6.45, 7) is 1.59. The summed E-state index contributed by atoms with van der Waals surface area (Å²) in [7, 11) is 1.72. The van der Waals surface area contributed by atoms with Gasteiger partial charge in [0.1, 0.15) is 5.82 Å². The first kappa shape index (κ1) is 16.0. The largest absolute Gasteiger partial charge is 0.342 e. The van der Waals surface area contributed by atoms with Gasteiger partial charge in [0.15, 0.2) is 0 Å². The number of hydrogen-bond acceptors (Lipinski definition) is 2. The molecule has 0 radical (unpaired) electrons. The van der Waals surface area contributed by atoms with Crippen LogP contribution in [0.1, 0.15) is 43.7 Å². The molecule has 2 aliphatic heterocycles. The van der Waals surface area contributed by atoms with Gasteiger partial charge in [-0.15, -0.1) is 0 Å². The van der Waals surface area contributed by atoms with Crippen molar-refractivity contribution in [1.29, 1.82) is 0 Å². The van der Waals surface area contributed by atoms with E-state index in [4.69, 9.17) is 0 Å². The Labute approximate surface area is 136 Å². The summed E-state index contributed by atoms with van der Waals surface area (Å²) in [6, 6.07) is 5.90. The minimum atomic E-state index is -0.374. The fraction of sp³-hybridized carbons (Fsp3) is 0.556. The lowest BCUT2D eigenvalue weighted by Gasteiger charge is -2.41. The Kier molecular flexibility index (Phi) is 4.64. The summed E-state index contributed by atoms with van der Waals surface area (Å²) in [4.78, 5) is 28.6. The first-order valence-corrected chi connectivity index (χ1v) is 8.38. The second-order valence-corrected chi connectivity index (χ2v) is 6.54. The third-order valence-electron chi connectivity index (χ3n) is 5.04. The zero-order valence-electron chi connectivity index (χ0n) is 13.5. The van der Waals surface area contributed by atoms with Crippen molar-refractivity contribution in [3.05, 3.63) is 35.6 Å². The van der Waals surface area contributed by atoms with Crippen LogP contribution in [-0.4, -0.2) is 41.8 Å². The average Bonchev–Trinajstić information content (AvgIpc) is 2.57. The van der Waals surface area contributed by atoms with Gasteiger partial charge in [0.05, 0.1) is 12.0 Å². The Morgan fingerprint density at radius 2 is 1.96 bits per heavy atom. The molecular formula is C18H23FN2O2. The lowest BCUT2D eigenvalue weighted by molar-refractivity contribution is -0.147. The number of carbonyl (C=O) groups is 2. The predicted molar refractivity (Wildman–Crippen MR) is 85.1 cm³/mol. The van der Waals surface area contributed by atoms with Crippen LogP contribution in [0.3, 0.4) is 0 Å². The van der Waals surface area contributed by atoms with Gasteiger partial charge >= 0.3 is 0 Å². The maximum absolute atomic E-state index is 13.6. The molecule has 0 spiro atoms. The van der Waals surface area contributed by atoms with Gasteiger partial charge in [0.2, 0.25) is 11.8 Å². The standard InChI is InChI=1S/C18H23FN2O2/c1-20-16(22)9-8-15(18(23)21-10-3-2-4-11-21)17(20)13-6-5-7-14(19)12-13/h5-7,12,15,17H,2-4,8-11H2,1H3/t15-,17+/m0/s1. The van der Waals surface area contributed by atoms with Crippen molar-refractivity contribution in [1.82, 2.24) is 9.80 Å². The molecule has 5 heteroatoms. The Balaban J connectivity index is 1.89. The molecule has 3 rings (SSSR count). The highest BCUT2D eigenvalue weighted by Crippen LogP contribution is 2.37. The van der Waals surface area contributed by atoms with Crippen LogP contribution in [0.25, 0.3) is 0 Å². The van der Waals surface area contributed by atoms with Crippen molar-refractivity contribution in [2.75, 3.05) is 20.1 Å². The molecule has 2 aliphatic rings. The summed E-state index contributed by atoms with van der Waals surface area (Å²) in [5, 5.41) is 0. The quantitative estimate of drug-likeness (QED) is 0.841. The number of piperidine rings is 2. The van der Waals surface area contributed by atoms with E-state index in [0.717, 1.165) is 25.9 Å².